The molecule has 3 nitrogen and oxygen atoms in total. The van der Waals surface area contributed by atoms with E-state index in [0.29, 0.717) is 0 Å². The number of hydrogen-bond acceptors (Lipinski definition) is 2. The van der Waals surface area contributed by atoms with Crippen LogP contribution in [-0.4, -0.2) is 16.2 Å². The van der Waals surface area contributed by atoms with Crippen molar-refractivity contribution in [2.75, 3.05) is 0 Å². The number of phenolic OH excluding ortho intramolecular Hbond substituents is 1. The lowest BCUT2D eigenvalue weighted by molar-refractivity contribution is -0.137. The Morgan fingerprint density at radius 2 is 2.00 bits per heavy atom. The van der Waals surface area contributed by atoms with Crippen LogP contribution in [0.25, 0.3) is 0 Å². The van der Waals surface area contributed by atoms with E-state index in [-0.39, 0.29) is 17.6 Å². The van der Waals surface area contributed by atoms with Crippen LogP contribution in [-0.2, 0) is 10.2 Å². The molecule has 0 saturated heterocycles. The van der Waals surface area contributed by atoms with Gasteiger partial charge in [-0.3, -0.25) is 4.79 Å². The quantitative estimate of drug-likeness (QED) is 0.822. The van der Waals surface area contributed by atoms with E-state index >= 15 is 0 Å². The maximum Gasteiger partial charge on any atom is 0.304 e. The highest BCUT2D eigenvalue weighted by molar-refractivity contribution is 5.71. The molecule has 0 amide bonds. The van der Waals surface area contributed by atoms with E-state index in [0.717, 1.165) is 29.5 Å². The number of carboxylic acids is 1. The second-order valence-electron chi connectivity index (χ2n) is 4.75. The summed E-state index contributed by atoms with van der Waals surface area (Å²) in [6.45, 7) is 3.93. The fourth-order valence-electron chi connectivity index (χ4n) is 2.43. The molecular formula is C13H16O3. The summed E-state index contributed by atoms with van der Waals surface area (Å²) in [7, 11) is 0. The number of carbonyl (C=O) groups is 1. The van der Waals surface area contributed by atoms with Gasteiger partial charge in [0, 0.05) is 11.0 Å². The summed E-state index contributed by atoms with van der Waals surface area (Å²) in [4.78, 5) is 10.9. The van der Waals surface area contributed by atoms with Gasteiger partial charge in [0.1, 0.15) is 5.75 Å². The van der Waals surface area contributed by atoms with Gasteiger partial charge in [-0.25, -0.2) is 0 Å². The molecule has 0 atom stereocenters. The number of carboxylic acid groups (broad SMARTS) is 1. The Balaban J connectivity index is 2.48. The van der Waals surface area contributed by atoms with Crippen molar-refractivity contribution in [3.63, 3.8) is 0 Å². The molecule has 16 heavy (non-hydrogen) atoms. The molecule has 1 saturated carbocycles. The molecule has 1 fully saturated rings. The Labute approximate surface area is 94.7 Å². The molecule has 0 bridgehead atoms. The summed E-state index contributed by atoms with van der Waals surface area (Å²) in [5, 5.41) is 18.8. The minimum atomic E-state index is -0.794. The molecule has 1 aliphatic carbocycles. The Morgan fingerprint density at radius 1 is 1.38 bits per heavy atom. The van der Waals surface area contributed by atoms with Crippen LogP contribution < -0.4 is 0 Å². The smallest absolute Gasteiger partial charge is 0.304 e. The number of aliphatic carboxylic acids is 1. The van der Waals surface area contributed by atoms with Gasteiger partial charge in [0.05, 0.1) is 6.42 Å². The summed E-state index contributed by atoms with van der Waals surface area (Å²) in [5.74, 6) is -0.556. The first kappa shape index (κ1) is 11.0. The Bertz CT molecular complexity index is 445. The van der Waals surface area contributed by atoms with Gasteiger partial charge in [0.2, 0.25) is 0 Å². The van der Waals surface area contributed by atoms with E-state index in [1.807, 2.05) is 19.9 Å². The van der Waals surface area contributed by atoms with Crippen LogP contribution in [0.3, 0.4) is 0 Å². The zero-order valence-electron chi connectivity index (χ0n) is 9.58. The van der Waals surface area contributed by atoms with Crippen molar-refractivity contribution < 1.29 is 15.0 Å². The molecule has 0 unspecified atom stereocenters. The van der Waals surface area contributed by atoms with Gasteiger partial charge in [-0.15, -0.1) is 0 Å². The van der Waals surface area contributed by atoms with Crippen molar-refractivity contribution in [3.05, 3.63) is 28.8 Å². The van der Waals surface area contributed by atoms with Crippen LogP contribution >= 0.6 is 0 Å². The molecule has 0 spiro atoms. The van der Waals surface area contributed by atoms with Crippen LogP contribution in [0.2, 0.25) is 0 Å². The molecule has 86 valence electrons. The highest BCUT2D eigenvalue weighted by atomic mass is 16.4. The molecule has 2 N–H and O–H groups in total. The topological polar surface area (TPSA) is 57.5 Å². The zero-order valence-corrected chi connectivity index (χ0v) is 9.58. The number of benzene rings is 1. The molecule has 2 rings (SSSR count). The summed E-state index contributed by atoms with van der Waals surface area (Å²) >= 11 is 0. The third-order valence-corrected chi connectivity index (χ3v) is 3.59. The molecule has 0 heterocycles. The van der Waals surface area contributed by atoms with Gasteiger partial charge < -0.3 is 10.2 Å². The van der Waals surface area contributed by atoms with Crippen molar-refractivity contribution in [1.29, 1.82) is 0 Å². The summed E-state index contributed by atoms with van der Waals surface area (Å²) in [5.41, 5.74) is 2.66. The Kier molecular flexibility index (Phi) is 2.41. The van der Waals surface area contributed by atoms with E-state index < -0.39 is 5.97 Å². The molecule has 0 aromatic heterocycles. The van der Waals surface area contributed by atoms with E-state index in [9.17, 15) is 9.90 Å². The molecule has 1 aromatic carbocycles. The normalized spacial score (nSPS) is 17.1. The molecular weight excluding hydrogens is 204 g/mol. The number of hydrogen-bond donors (Lipinski definition) is 2. The number of phenols is 1. The number of rotatable bonds is 3. The van der Waals surface area contributed by atoms with E-state index in [2.05, 4.69) is 0 Å². The van der Waals surface area contributed by atoms with Crippen molar-refractivity contribution >= 4 is 5.97 Å². The van der Waals surface area contributed by atoms with E-state index in [1.165, 1.54) is 0 Å². The molecule has 0 aliphatic heterocycles. The number of aryl methyl sites for hydroxylation is 1. The maximum absolute atomic E-state index is 10.9. The average molecular weight is 220 g/mol. The van der Waals surface area contributed by atoms with Crippen LogP contribution in [0.1, 0.15) is 36.0 Å². The first-order chi connectivity index (χ1) is 7.46. The minimum Gasteiger partial charge on any atom is -0.508 e. The average Bonchev–Trinajstić information content (AvgIpc) is 2.92. The largest absolute Gasteiger partial charge is 0.508 e. The first-order valence-corrected chi connectivity index (χ1v) is 5.48. The van der Waals surface area contributed by atoms with Crippen LogP contribution in [0.15, 0.2) is 12.1 Å². The SMILES string of the molecule is Cc1ccc(O)c(C2(CC(=O)O)CC2)c1C. The predicted molar refractivity (Wildman–Crippen MR) is 60.7 cm³/mol. The van der Waals surface area contributed by atoms with Gasteiger partial charge in [-0.1, -0.05) is 6.07 Å². The van der Waals surface area contributed by atoms with Crippen LogP contribution in [0.5, 0.6) is 5.75 Å². The minimum absolute atomic E-state index is 0.116. The lowest BCUT2D eigenvalue weighted by Gasteiger charge is -2.19. The van der Waals surface area contributed by atoms with Gasteiger partial charge in [0.15, 0.2) is 0 Å². The lowest BCUT2D eigenvalue weighted by Crippen LogP contribution is -2.15. The Hall–Kier alpha value is -1.51. The highest BCUT2D eigenvalue weighted by Gasteiger charge is 2.48. The second kappa shape index (κ2) is 3.51. The third-order valence-electron chi connectivity index (χ3n) is 3.59. The van der Waals surface area contributed by atoms with Crippen LogP contribution in [0, 0.1) is 13.8 Å². The summed E-state index contributed by atoms with van der Waals surface area (Å²) in [6, 6.07) is 3.53. The van der Waals surface area contributed by atoms with Gasteiger partial charge in [-0.05, 0) is 43.9 Å². The standard InChI is InChI=1S/C13H16O3/c1-8-3-4-10(14)12(9(8)2)13(5-6-13)7-11(15)16/h3-4,14H,5-7H2,1-2H3,(H,15,16). The maximum atomic E-state index is 10.9. The molecule has 1 aliphatic rings. The van der Waals surface area contributed by atoms with Crippen molar-refractivity contribution in [3.8, 4) is 5.75 Å². The monoisotopic (exact) mass is 220 g/mol. The number of aromatic hydroxyl groups is 1. The highest BCUT2D eigenvalue weighted by Crippen LogP contribution is 2.55. The van der Waals surface area contributed by atoms with Crippen molar-refractivity contribution in [1.82, 2.24) is 0 Å². The molecule has 0 radical (unpaired) electrons. The van der Waals surface area contributed by atoms with Crippen LogP contribution in [0.4, 0.5) is 0 Å². The Morgan fingerprint density at radius 3 is 2.50 bits per heavy atom. The van der Waals surface area contributed by atoms with Gasteiger partial charge in [-0.2, -0.15) is 0 Å². The van der Waals surface area contributed by atoms with Crippen molar-refractivity contribution in [2.24, 2.45) is 0 Å². The van der Waals surface area contributed by atoms with Gasteiger partial charge >= 0.3 is 5.97 Å². The molecule has 3 heteroatoms. The summed E-state index contributed by atoms with van der Waals surface area (Å²) in [6.07, 6.45) is 1.83. The summed E-state index contributed by atoms with van der Waals surface area (Å²) < 4.78 is 0. The van der Waals surface area contributed by atoms with Crippen molar-refractivity contribution in [2.45, 2.75) is 38.5 Å². The van der Waals surface area contributed by atoms with E-state index in [4.69, 9.17) is 5.11 Å². The third kappa shape index (κ3) is 1.66. The van der Waals surface area contributed by atoms with Gasteiger partial charge in [0.25, 0.3) is 0 Å². The fraction of sp³-hybridized carbons (Fsp3) is 0.462. The van der Waals surface area contributed by atoms with E-state index in [1.54, 1.807) is 6.07 Å². The molecule has 1 aromatic rings. The zero-order chi connectivity index (χ0) is 11.9. The first-order valence-electron chi connectivity index (χ1n) is 5.48. The predicted octanol–water partition coefficient (Wildman–Crippen LogP) is 2.52. The second-order valence-corrected chi connectivity index (χ2v) is 4.75. The lowest BCUT2D eigenvalue weighted by atomic mass is 9.86. The fourth-order valence-corrected chi connectivity index (χ4v) is 2.43.